The Morgan fingerprint density at radius 2 is 2.26 bits per heavy atom. The van der Waals surface area contributed by atoms with Crippen LogP contribution in [0.15, 0.2) is 21.7 Å². The van der Waals surface area contributed by atoms with Gasteiger partial charge >= 0.3 is 11.9 Å². The number of amides is 3. The van der Waals surface area contributed by atoms with Gasteiger partial charge in [0.15, 0.2) is 5.76 Å². The minimum atomic E-state index is -0.773. The Bertz CT molecular complexity index is 565. The summed E-state index contributed by atoms with van der Waals surface area (Å²) in [5, 5.41) is 23.3. The average Bonchev–Trinajstić information content (AvgIpc) is 2.93. The molecule has 10 heteroatoms. The van der Waals surface area contributed by atoms with E-state index in [1.54, 1.807) is 0 Å². The summed E-state index contributed by atoms with van der Waals surface area (Å²) in [6.45, 7) is -0.867. The summed E-state index contributed by atoms with van der Waals surface area (Å²) in [5.41, 5.74) is 0. The fourth-order valence-corrected chi connectivity index (χ4v) is 1.39. The standard InChI is InChI=1S/C9H8N4O6/c14-5-11-4-7(15)12(9(11)16)10-3-6-1-2-8(19-6)13(17)18/h1-3,14H,4-5H2/b10-3+. The van der Waals surface area contributed by atoms with E-state index in [0.29, 0.717) is 5.01 Å². The van der Waals surface area contributed by atoms with Gasteiger partial charge in [-0.25, -0.2) is 4.79 Å². The molecule has 2 rings (SSSR count). The predicted octanol–water partition coefficient (Wildman–Crippen LogP) is -0.264. The summed E-state index contributed by atoms with van der Waals surface area (Å²) in [4.78, 5) is 33.4. The van der Waals surface area contributed by atoms with Crippen molar-refractivity contribution in [2.75, 3.05) is 13.3 Å². The van der Waals surface area contributed by atoms with Gasteiger partial charge in [-0.15, -0.1) is 5.01 Å². The van der Waals surface area contributed by atoms with E-state index in [1.807, 2.05) is 0 Å². The van der Waals surface area contributed by atoms with Crippen LogP contribution in [0.3, 0.4) is 0 Å². The molecule has 19 heavy (non-hydrogen) atoms. The van der Waals surface area contributed by atoms with Crippen molar-refractivity contribution in [1.29, 1.82) is 0 Å². The lowest BCUT2D eigenvalue weighted by Gasteiger charge is -2.09. The van der Waals surface area contributed by atoms with Crippen LogP contribution in [0.1, 0.15) is 5.76 Å². The Morgan fingerprint density at radius 3 is 2.79 bits per heavy atom. The number of nitrogens with zero attached hydrogens (tertiary/aromatic N) is 4. The lowest BCUT2D eigenvalue weighted by Crippen LogP contribution is -2.30. The van der Waals surface area contributed by atoms with E-state index in [4.69, 9.17) is 9.52 Å². The molecule has 2 heterocycles. The molecule has 1 fully saturated rings. The van der Waals surface area contributed by atoms with Crippen LogP contribution >= 0.6 is 0 Å². The van der Waals surface area contributed by atoms with E-state index in [0.717, 1.165) is 17.2 Å². The molecule has 1 N–H and O–H groups in total. The zero-order valence-electron chi connectivity index (χ0n) is 9.42. The van der Waals surface area contributed by atoms with Crippen molar-refractivity contribution in [3.63, 3.8) is 0 Å². The van der Waals surface area contributed by atoms with Crippen molar-refractivity contribution >= 4 is 24.0 Å². The topological polar surface area (TPSA) is 129 Å². The van der Waals surface area contributed by atoms with Gasteiger partial charge in [-0.05, 0) is 6.07 Å². The zero-order valence-corrected chi connectivity index (χ0v) is 9.42. The number of furan rings is 1. The summed E-state index contributed by atoms with van der Waals surface area (Å²) >= 11 is 0. The van der Waals surface area contributed by atoms with Crippen LogP contribution in [-0.4, -0.2) is 51.4 Å². The number of hydrazone groups is 1. The average molecular weight is 268 g/mol. The van der Waals surface area contributed by atoms with Gasteiger partial charge in [-0.1, -0.05) is 0 Å². The van der Waals surface area contributed by atoms with Crippen molar-refractivity contribution < 1.29 is 24.0 Å². The Morgan fingerprint density at radius 1 is 1.53 bits per heavy atom. The quantitative estimate of drug-likeness (QED) is 0.346. The first-order chi connectivity index (χ1) is 9.02. The molecule has 100 valence electrons. The van der Waals surface area contributed by atoms with E-state index < -0.39 is 29.5 Å². The van der Waals surface area contributed by atoms with E-state index >= 15 is 0 Å². The van der Waals surface area contributed by atoms with Crippen LogP contribution < -0.4 is 0 Å². The van der Waals surface area contributed by atoms with E-state index in [9.17, 15) is 19.7 Å². The fraction of sp³-hybridized carbons (Fsp3) is 0.222. The van der Waals surface area contributed by atoms with Crippen molar-refractivity contribution in [2.24, 2.45) is 5.10 Å². The number of aliphatic hydroxyl groups excluding tert-OH is 1. The molecular weight excluding hydrogens is 260 g/mol. The third kappa shape index (κ3) is 2.42. The van der Waals surface area contributed by atoms with Gasteiger partial charge in [-0.3, -0.25) is 19.8 Å². The predicted molar refractivity (Wildman–Crippen MR) is 59.0 cm³/mol. The number of hydrogen-bond acceptors (Lipinski definition) is 7. The van der Waals surface area contributed by atoms with Crippen molar-refractivity contribution in [2.45, 2.75) is 0 Å². The van der Waals surface area contributed by atoms with Crippen molar-refractivity contribution in [3.05, 3.63) is 28.0 Å². The highest BCUT2D eigenvalue weighted by Gasteiger charge is 2.35. The molecule has 10 nitrogen and oxygen atoms in total. The molecule has 0 atom stereocenters. The molecule has 0 aliphatic carbocycles. The van der Waals surface area contributed by atoms with Crippen molar-refractivity contribution in [3.8, 4) is 0 Å². The summed E-state index contributed by atoms with van der Waals surface area (Å²) in [5.74, 6) is -1.07. The molecule has 0 spiro atoms. The van der Waals surface area contributed by atoms with Crippen LogP contribution in [0.25, 0.3) is 0 Å². The first kappa shape index (κ1) is 12.7. The van der Waals surface area contributed by atoms with Crippen LogP contribution in [0, 0.1) is 10.1 Å². The minimum absolute atomic E-state index is 0.0229. The number of aliphatic hydroxyl groups is 1. The molecule has 0 unspecified atom stereocenters. The highest BCUT2D eigenvalue weighted by molar-refractivity contribution is 6.02. The molecule has 3 amide bonds. The number of urea groups is 1. The highest BCUT2D eigenvalue weighted by atomic mass is 16.6. The molecule has 0 radical (unpaired) electrons. The lowest BCUT2D eigenvalue weighted by molar-refractivity contribution is -0.402. The lowest BCUT2D eigenvalue weighted by atomic mass is 10.5. The maximum Gasteiger partial charge on any atom is 0.433 e. The Balaban J connectivity index is 2.11. The second kappa shape index (κ2) is 4.86. The third-order valence-corrected chi connectivity index (χ3v) is 2.28. The largest absolute Gasteiger partial charge is 0.433 e. The van der Waals surface area contributed by atoms with Gasteiger partial charge in [0.1, 0.15) is 18.2 Å². The second-order valence-electron chi connectivity index (χ2n) is 3.51. The normalized spacial score (nSPS) is 15.8. The molecule has 1 aliphatic rings. The van der Waals surface area contributed by atoms with Gasteiger partial charge in [0.25, 0.3) is 5.91 Å². The molecule has 1 aromatic rings. The second-order valence-corrected chi connectivity index (χ2v) is 3.51. The highest BCUT2D eigenvalue weighted by Crippen LogP contribution is 2.15. The van der Waals surface area contributed by atoms with Crippen molar-refractivity contribution in [1.82, 2.24) is 9.91 Å². The summed E-state index contributed by atoms with van der Waals surface area (Å²) in [6.07, 6.45) is 1.00. The molecule has 0 saturated carbocycles. The summed E-state index contributed by atoms with van der Waals surface area (Å²) in [7, 11) is 0. The molecule has 0 bridgehead atoms. The first-order valence-electron chi connectivity index (χ1n) is 5.04. The third-order valence-electron chi connectivity index (χ3n) is 2.28. The summed E-state index contributed by atoms with van der Waals surface area (Å²) < 4.78 is 4.77. The van der Waals surface area contributed by atoms with E-state index in [-0.39, 0.29) is 12.3 Å². The molecule has 1 aromatic heterocycles. The monoisotopic (exact) mass is 268 g/mol. The van der Waals surface area contributed by atoms with Crippen LogP contribution in [-0.2, 0) is 4.79 Å². The Labute approximate surface area is 105 Å². The Kier molecular flexibility index (Phi) is 3.25. The van der Waals surface area contributed by atoms with E-state index in [1.165, 1.54) is 6.07 Å². The van der Waals surface area contributed by atoms with Gasteiger partial charge in [-0.2, -0.15) is 5.10 Å². The van der Waals surface area contributed by atoms with Crippen LogP contribution in [0.4, 0.5) is 10.7 Å². The SMILES string of the molecule is O=C1CN(CO)C(=O)N1/N=C/c1ccc([N+](=O)[O-])o1. The number of imide groups is 1. The smallest absolute Gasteiger partial charge is 0.400 e. The van der Waals surface area contributed by atoms with Crippen LogP contribution in [0.2, 0.25) is 0 Å². The number of carbonyl (C=O) groups is 2. The maximum absolute atomic E-state index is 11.5. The number of hydrogen-bond donors (Lipinski definition) is 1. The molecule has 1 saturated heterocycles. The molecule has 1 aliphatic heterocycles. The minimum Gasteiger partial charge on any atom is -0.400 e. The van der Waals surface area contributed by atoms with Gasteiger partial charge in [0.2, 0.25) is 0 Å². The summed E-state index contributed by atoms with van der Waals surface area (Å²) in [6, 6.07) is 1.62. The molecular formula is C9H8N4O6. The van der Waals surface area contributed by atoms with E-state index in [2.05, 4.69) is 5.10 Å². The van der Waals surface area contributed by atoms with Gasteiger partial charge in [0, 0.05) is 0 Å². The maximum atomic E-state index is 11.5. The van der Waals surface area contributed by atoms with Crippen LogP contribution in [0.5, 0.6) is 0 Å². The fourth-order valence-electron chi connectivity index (χ4n) is 1.39. The number of nitro groups is 1. The first-order valence-corrected chi connectivity index (χ1v) is 5.04. The number of rotatable bonds is 4. The number of carbonyl (C=O) groups excluding carboxylic acids is 2. The Hall–Kier alpha value is -2.75. The van der Waals surface area contributed by atoms with Gasteiger partial charge < -0.3 is 9.52 Å². The zero-order chi connectivity index (χ0) is 14.0. The van der Waals surface area contributed by atoms with Gasteiger partial charge in [0.05, 0.1) is 12.3 Å². The molecule has 0 aromatic carbocycles.